The van der Waals surface area contributed by atoms with Gasteiger partial charge >= 0.3 is 12.0 Å². The zero-order chi connectivity index (χ0) is 13.8. The smallest absolute Gasteiger partial charge is 0.323 e. The highest BCUT2D eigenvalue weighted by Gasteiger charge is 2.35. The van der Waals surface area contributed by atoms with Crippen molar-refractivity contribution in [2.24, 2.45) is 5.92 Å². The van der Waals surface area contributed by atoms with Gasteiger partial charge in [0.15, 0.2) is 0 Å². The monoisotopic (exact) mass is 265 g/mol. The number of carboxylic acid groups (broad SMARTS) is 1. The average Bonchev–Trinajstić information content (AvgIpc) is 2.39. The van der Waals surface area contributed by atoms with Crippen LogP contribution < -0.4 is 5.32 Å². The lowest BCUT2D eigenvalue weighted by molar-refractivity contribution is -0.137. The number of urea groups is 1. The molecule has 0 aromatic carbocycles. The number of amides is 2. The predicted octanol–water partition coefficient (Wildman–Crippen LogP) is -0.190. The summed E-state index contributed by atoms with van der Waals surface area (Å²) in [4.78, 5) is 26.2. The lowest BCUT2D eigenvalue weighted by atomic mass is 9.84. The van der Waals surface area contributed by atoms with Gasteiger partial charge in [-0.05, 0) is 31.8 Å². The van der Waals surface area contributed by atoms with E-state index in [1.807, 2.05) is 0 Å². The number of terminal acetylenes is 1. The van der Waals surface area contributed by atoms with Gasteiger partial charge in [0.05, 0.1) is 6.54 Å². The fraction of sp³-hybridized carbons (Fsp3) is 0.692. The Kier molecular flexibility index (Phi) is 4.27. The van der Waals surface area contributed by atoms with Crippen LogP contribution in [0, 0.1) is 18.3 Å². The maximum atomic E-state index is 12.1. The highest BCUT2D eigenvalue weighted by atomic mass is 16.4. The number of piperidine rings is 3. The molecule has 0 aromatic rings. The molecule has 1 atom stereocenters. The van der Waals surface area contributed by atoms with Gasteiger partial charge < -0.3 is 20.2 Å². The number of carbonyl (C=O) groups excluding carboxylic acids is 1. The number of rotatable bonds is 4. The van der Waals surface area contributed by atoms with Gasteiger partial charge in [-0.2, -0.15) is 0 Å². The Morgan fingerprint density at radius 1 is 1.42 bits per heavy atom. The first kappa shape index (κ1) is 13.7. The summed E-state index contributed by atoms with van der Waals surface area (Å²) in [5.74, 6) is 1.77. The van der Waals surface area contributed by atoms with Gasteiger partial charge in [0.1, 0.15) is 6.54 Å². The van der Waals surface area contributed by atoms with E-state index in [0.29, 0.717) is 5.92 Å². The molecule has 0 saturated carbocycles. The number of fused-ring (bicyclic) bond motifs is 3. The highest BCUT2D eigenvalue weighted by Crippen LogP contribution is 2.27. The summed E-state index contributed by atoms with van der Waals surface area (Å²) in [6, 6.07) is -0.261. The van der Waals surface area contributed by atoms with Crippen molar-refractivity contribution >= 4 is 12.0 Å². The van der Waals surface area contributed by atoms with Gasteiger partial charge in [-0.25, -0.2) is 4.79 Å². The summed E-state index contributed by atoms with van der Waals surface area (Å²) in [5.41, 5.74) is 0. The maximum Gasteiger partial charge on any atom is 0.323 e. The maximum absolute atomic E-state index is 12.1. The Morgan fingerprint density at radius 2 is 2.11 bits per heavy atom. The van der Waals surface area contributed by atoms with E-state index in [0.717, 1.165) is 37.4 Å². The lowest BCUT2D eigenvalue weighted by Gasteiger charge is -2.45. The van der Waals surface area contributed by atoms with Crippen LogP contribution in [0.3, 0.4) is 0 Å². The van der Waals surface area contributed by atoms with Crippen LogP contribution in [0.25, 0.3) is 0 Å². The first-order chi connectivity index (χ1) is 9.10. The fourth-order valence-corrected chi connectivity index (χ4v) is 2.85. The second kappa shape index (κ2) is 5.93. The third kappa shape index (κ3) is 3.38. The molecule has 2 bridgehead atoms. The summed E-state index contributed by atoms with van der Waals surface area (Å²) in [5, 5.41) is 11.7. The van der Waals surface area contributed by atoms with Crippen molar-refractivity contribution in [3.05, 3.63) is 0 Å². The summed E-state index contributed by atoms with van der Waals surface area (Å²) < 4.78 is 0. The van der Waals surface area contributed by atoms with Crippen molar-refractivity contribution in [2.75, 3.05) is 32.7 Å². The van der Waals surface area contributed by atoms with Crippen molar-refractivity contribution in [3.63, 3.8) is 0 Å². The molecule has 1 unspecified atom stereocenters. The summed E-state index contributed by atoms with van der Waals surface area (Å²) >= 11 is 0. The molecule has 3 aliphatic heterocycles. The van der Waals surface area contributed by atoms with Gasteiger partial charge in [0.25, 0.3) is 0 Å². The minimum atomic E-state index is -1.06. The molecule has 0 radical (unpaired) electrons. The molecular formula is C13H19N3O3. The number of aliphatic carboxylic acids is 1. The Morgan fingerprint density at radius 3 is 2.58 bits per heavy atom. The molecule has 0 aliphatic carbocycles. The van der Waals surface area contributed by atoms with Crippen LogP contribution in [0.15, 0.2) is 0 Å². The number of nitrogens with zero attached hydrogens (tertiary/aromatic N) is 2. The summed E-state index contributed by atoms with van der Waals surface area (Å²) in [6.07, 6.45) is 7.36. The number of carbonyl (C=O) groups is 2. The second-order valence-electron chi connectivity index (χ2n) is 5.15. The van der Waals surface area contributed by atoms with Gasteiger partial charge in [0.2, 0.25) is 0 Å². The topological polar surface area (TPSA) is 72.9 Å². The lowest BCUT2D eigenvalue weighted by Crippen LogP contribution is -2.59. The molecule has 0 aromatic heterocycles. The first-order valence-corrected chi connectivity index (χ1v) is 6.53. The second-order valence-corrected chi connectivity index (χ2v) is 5.15. The molecule has 3 saturated heterocycles. The molecule has 3 heterocycles. The van der Waals surface area contributed by atoms with Gasteiger partial charge in [0, 0.05) is 12.6 Å². The van der Waals surface area contributed by atoms with E-state index in [2.05, 4.69) is 16.1 Å². The minimum absolute atomic E-state index is 0.0131. The molecule has 3 rings (SSSR count). The van der Waals surface area contributed by atoms with Crippen LogP contribution in [0.1, 0.15) is 12.8 Å². The average molecular weight is 265 g/mol. The third-order valence-electron chi connectivity index (χ3n) is 3.86. The third-order valence-corrected chi connectivity index (χ3v) is 3.86. The Balaban J connectivity index is 1.91. The normalized spacial score (nSPS) is 28.5. The van der Waals surface area contributed by atoms with Crippen LogP contribution >= 0.6 is 0 Å². The summed E-state index contributed by atoms with van der Waals surface area (Å²) in [7, 11) is 0. The van der Waals surface area contributed by atoms with E-state index in [1.54, 1.807) is 0 Å². The van der Waals surface area contributed by atoms with Gasteiger partial charge in [-0.1, -0.05) is 5.92 Å². The van der Waals surface area contributed by atoms with Crippen LogP contribution in [-0.4, -0.2) is 65.7 Å². The van der Waals surface area contributed by atoms with Crippen molar-refractivity contribution < 1.29 is 14.7 Å². The molecule has 0 spiro atoms. The largest absolute Gasteiger partial charge is 0.480 e. The molecular weight excluding hydrogens is 246 g/mol. The van der Waals surface area contributed by atoms with Crippen molar-refractivity contribution in [1.29, 1.82) is 0 Å². The van der Waals surface area contributed by atoms with Crippen LogP contribution in [-0.2, 0) is 4.79 Å². The van der Waals surface area contributed by atoms with Gasteiger partial charge in [-0.3, -0.25) is 4.79 Å². The van der Waals surface area contributed by atoms with E-state index in [1.165, 1.54) is 0 Å². The van der Waals surface area contributed by atoms with Crippen molar-refractivity contribution in [1.82, 2.24) is 15.1 Å². The Labute approximate surface area is 112 Å². The SMILES string of the molecule is C#CCN(CC(=O)O)C(=O)NC1CN2CCC1CC2. The van der Waals surface area contributed by atoms with Gasteiger partial charge in [-0.15, -0.1) is 6.42 Å². The first-order valence-electron chi connectivity index (χ1n) is 6.53. The van der Waals surface area contributed by atoms with Crippen LogP contribution in [0.2, 0.25) is 0 Å². The number of hydrogen-bond acceptors (Lipinski definition) is 3. The molecule has 6 heteroatoms. The Hall–Kier alpha value is -1.74. The fourth-order valence-electron chi connectivity index (χ4n) is 2.85. The number of carboxylic acids is 1. The predicted molar refractivity (Wildman–Crippen MR) is 69.5 cm³/mol. The standard InChI is InChI=1S/C13H19N3O3/c1-2-5-16(9-12(17)18)13(19)14-11-8-15-6-3-10(11)4-7-15/h1,10-11H,3-9H2,(H,14,19)(H,17,18). The Bertz CT molecular complexity index is 396. The zero-order valence-corrected chi connectivity index (χ0v) is 10.8. The minimum Gasteiger partial charge on any atom is -0.480 e. The van der Waals surface area contributed by atoms with E-state index >= 15 is 0 Å². The van der Waals surface area contributed by atoms with E-state index < -0.39 is 5.97 Å². The number of hydrogen-bond donors (Lipinski definition) is 2. The highest BCUT2D eigenvalue weighted by molar-refractivity contribution is 5.80. The quantitative estimate of drug-likeness (QED) is 0.691. The van der Waals surface area contributed by atoms with Crippen LogP contribution in [0.5, 0.6) is 0 Å². The zero-order valence-electron chi connectivity index (χ0n) is 10.8. The van der Waals surface area contributed by atoms with Crippen molar-refractivity contribution in [3.8, 4) is 12.3 Å². The summed E-state index contributed by atoms with van der Waals surface area (Å²) in [6.45, 7) is 2.70. The molecule has 19 heavy (non-hydrogen) atoms. The molecule has 3 aliphatic rings. The van der Waals surface area contributed by atoms with Crippen molar-refractivity contribution in [2.45, 2.75) is 18.9 Å². The van der Waals surface area contributed by atoms with E-state index in [4.69, 9.17) is 11.5 Å². The number of nitrogens with one attached hydrogen (secondary N) is 1. The van der Waals surface area contributed by atoms with E-state index in [-0.39, 0.29) is 25.2 Å². The molecule has 3 fully saturated rings. The molecule has 6 nitrogen and oxygen atoms in total. The van der Waals surface area contributed by atoms with E-state index in [9.17, 15) is 9.59 Å². The molecule has 2 amide bonds. The van der Waals surface area contributed by atoms with Crippen LogP contribution in [0.4, 0.5) is 4.79 Å². The molecule has 104 valence electrons. The molecule has 2 N–H and O–H groups in total.